The van der Waals surface area contributed by atoms with Gasteiger partial charge in [0.05, 0.1) is 4.90 Å². The van der Waals surface area contributed by atoms with Crippen LogP contribution < -0.4 is 10.5 Å². The van der Waals surface area contributed by atoms with Crippen molar-refractivity contribution in [3.05, 3.63) is 50.6 Å². The van der Waals surface area contributed by atoms with E-state index in [1.165, 1.54) is 10.9 Å². The van der Waals surface area contributed by atoms with E-state index in [0.717, 1.165) is 16.6 Å². The molecular formula is C12H13BrN2O2S2. The molecule has 0 unspecified atom stereocenters. The average molecular weight is 361 g/mol. The van der Waals surface area contributed by atoms with Crippen LogP contribution in [0.5, 0.6) is 0 Å². The van der Waals surface area contributed by atoms with Gasteiger partial charge in [-0.05, 0) is 39.7 Å². The van der Waals surface area contributed by atoms with E-state index in [1.807, 2.05) is 11.4 Å². The minimum absolute atomic E-state index is 0.144. The van der Waals surface area contributed by atoms with Gasteiger partial charge in [0.25, 0.3) is 0 Å². The molecule has 0 fully saturated rings. The van der Waals surface area contributed by atoms with Crippen molar-refractivity contribution in [3.63, 3.8) is 0 Å². The van der Waals surface area contributed by atoms with Crippen molar-refractivity contribution in [2.45, 2.75) is 18.0 Å². The third kappa shape index (κ3) is 4.39. The van der Waals surface area contributed by atoms with Gasteiger partial charge in [0, 0.05) is 27.8 Å². The Bertz CT molecular complexity index is 668. The van der Waals surface area contributed by atoms with Gasteiger partial charge in [-0.25, -0.2) is 13.6 Å². The highest BCUT2D eigenvalue weighted by Crippen LogP contribution is 2.19. The van der Waals surface area contributed by atoms with Gasteiger partial charge in [-0.2, -0.15) is 0 Å². The van der Waals surface area contributed by atoms with Crippen LogP contribution in [0.3, 0.4) is 0 Å². The summed E-state index contributed by atoms with van der Waals surface area (Å²) in [5.74, 6) is 0. The molecular weight excluding hydrogens is 348 g/mol. The molecule has 0 amide bonds. The van der Waals surface area contributed by atoms with Crippen LogP contribution in [0.4, 0.5) is 0 Å². The number of hydrogen-bond donors (Lipinski definition) is 2. The van der Waals surface area contributed by atoms with Crippen molar-refractivity contribution in [3.8, 4) is 0 Å². The molecule has 1 aromatic carbocycles. The fraction of sp³-hybridized carbons (Fsp3) is 0.167. The first-order valence-electron chi connectivity index (χ1n) is 5.50. The van der Waals surface area contributed by atoms with Crippen LogP contribution in [0.25, 0.3) is 0 Å². The third-order valence-electron chi connectivity index (χ3n) is 2.48. The normalized spacial score (nSPS) is 11.7. The van der Waals surface area contributed by atoms with Gasteiger partial charge in [-0.15, -0.1) is 11.3 Å². The van der Waals surface area contributed by atoms with Crippen molar-refractivity contribution >= 4 is 37.3 Å². The van der Waals surface area contributed by atoms with E-state index in [-0.39, 0.29) is 4.90 Å². The maximum Gasteiger partial charge on any atom is 0.238 e. The number of benzene rings is 1. The van der Waals surface area contributed by atoms with Crippen LogP contribution in [-0.2, 0) is 23.1 Å². The van der Waals surface area contributed by atoms with Crippen LogP contribution in [0, 0.1) is 0 Å². The standard InChI is InChI=1S/C12H13BrN2O2S2/c13-10-5-11(18-8-10)7-15-6-9-2-1-3-12(4-9)19(14,16)17/h1-5,8,15H,6-7H2,(H2,14,16,17). The summed E-state index contributed by atoms with van der Waals surface area (Å²) in [7, 11) is -3.63. The highest BCUT2D eigenvalue weighted by Gasteiger charge is 2.07. The molecule has 0 aliphatic rings. The second-order valence-corrected chi connectivity index (χ2v) is 7.50. The first-order chi connectivity index (χ1) is 8.95. The summed E-state index contributed by atoms with van der Waals surface area (Å²) < 4.78 is 23.5. The van der Waals surface area contributed by atoms with E-state index in [2.05, 4.69) is 27.3 Å². The van der Waals surface area contributed by atoms with Crippen molar-refractivity contribution in [1.82, 2.24) is 5.32 Å². The fourth-order valence-corrected chi connectivity index (χ4v) is 3.61. The smallest absolute Gasteiger partial charge is 0.238 e. The molecule has 102 valence electrons. The highest BCUT2D eigenvalue weighted by atomic mass is 79.9. The van der Waals surface area contributed by atoms with Crippen molar-refractivity contribution in [1.29, 1.82) is 0 Å². The molecule has 0 aliphatic carbocycles. The van der Waals surface area contributed by atoms with Gasteiger partial charge >= 0.3 is 0 Å². The maximum absolute atomic E-state index is 11.2. The predicted molar refractivity (Wildman–Crippen MR) is 80.4 cm³/mol. The Labute approximate surface area is 124 Å². The second kappa shape index (κ2) is 6.15. The zero-order chi connectivity index (χ0) is 13.9. The molecule has 1 aromatic heterocycles. The predicted octanol–water partition coefficient (Wildman–Crippen LogP) is 2.45. The molecule has 1 heterocycles. The zero-order valence-electron chi connectivity index (χ0n) is 9.97. The molecule has 0 aliphatic heterocycles. The Kier molecular flexibility index (Phi) is 4.75. The number of halogens is 1. The Morgan fingerprint density at radius 3 is 2.68 bits per heavy atom. The minimum Gasteiger partial charge on any atom is -0.308 e. The Morgan fingerprint density at radius 2 is 2.05 bits per heavy atom. The van der Waals surface area contributed by atoms with Gasteiger partial charge in [0.1, 0.15) is 0 Å². The van der Waals surface area contributed by atoms with E-state index in [0.29, 0.717) is 6.54 Å². The van der Waals surface area contributed by atoms with Crippen LogP contribution in [0.1, 0.15) is 10.4 Å². The molecule has 7 heteroatoms. The quantitative estimate of drug-likeness (QED) is 0.859. The molecule has 2 rings (SSSR count). The summed E-state index contributed by atoms with van der Waals surface area (Å²) in [5.41, 5.74) is 0.891. The Balaban J connectivity index is 1.96. The minimum atomic E-state index is -3.63. The number of nitrogens with two attached hydrogens (primary N) is 1. The molecule has 4 nitrogen and oxygen atoms in total. The van der Waals surface area contributed by atoms with Crippen molar-refractivity contribution in [2.24, 2.45) is 5.14 Å². The summed E-state index contributed by atoms with van der Waals surface area (Å²) in [6, 6.07) is 8.70. The lowest BCUT2D eigenvalue weighted by Gasteiger charge is -2.05. The molecule has 2 aromatic rings. The van der Waals surface area contributed by atoms with Crippen LogP contribution in [0.15, 0.2) is 45.1 Å². The molecule has 0 radical (unpaired) electrons. The molecule has 0 saturated carbocycles. The van der Waals surface area contributed by atoms with Crippen molar-refractivity contribution in [2.75, 3.05) is 0 Å². The average Bonchev–Trinajstić information content (AvgIpc) is 2.74. The largest absolute Gasteiger partial charge is 0.308 e. The molecule has 0 atom stereocenters. The highest BCUT2D eigenvalue weighted by molar-refractivity contribution is 9.10. The third-order valence-corrected chi connectivity index (χ3v) is 5.09. The summed E-state index contributed by atoms with van der Waals surface area (Å²) in [6.45, 7) is 1.34. The maximum atomic E-state index is 11.2. The zero-order valence-corrected chi connectivity index (χ0v) is 13.2. The second-order valence-electron chi connectivity index (χ2n) is 4.03. The lowest BCUT2D eigenvalue weighted by atomic mass is 10.2. The number of primary sulfonamides is 1. The molecule has 0 spiro atoms. The van der Waals surface area contributed by atoms with E-state index < -0.39 is 10.0 Å². The molecule has 0 saturated heterocycles. The van der Waals surface area contributed by atoms with Crippen molar-refractivity contribution < 1.29 is 8.42 Å². The number of nitrogens with one attached hydrogen (secondary N) is 1. The monoisotopic (exact) mass is 360 g/mol. The fourth-order valence-electron chi connectivity index (χ4n) is 1.61. The Hall–Kier alpha value is -0.730. The summed E-state index contributed by atoms with van der Waals surface area (Å²) in [6.07, 6.45) is 0. The first kappa shape index (κ1) is 14.7. The first-order valence-corrected chi connectivity index (χ1v) is 8.72. The number of sulfonamides is 1. The molecule has 3 N–H and O–H groups in total. The van der Waals surface area contributed by atoms with Gasteiger partial charge in [-0.3, -0.25) is 0 Å². The van der Waals surface area contributed by atoms with E-state index in [1.54, 1.807) is 23.5 Å². The van der Waals surface area contributed by atoms with Gasteiger partial charge < -0.3 is 5.32 Å². The Morgan fingerprint density at radius 1 is 1.26 bits per heavy atom. The lowest BCUT2D eigenvalue weighted by Crippen LogP contribution is -2.14. The lowest BCUT2D eigenvalue weighted by molar-refractivity contribution is 0.597. The number of hydrogen-bond acceptors (Lipinski definition) is 4. The van der Waals surface area contributed by atoms with Crippen LogP contribution >= 0.6 is 27.3 Å². The van der Waals surface area contributed by atoms with Crippen LogP contribution in [-0.4, -0.2) is 8.42 Å². The van der Waals surface area contributed by atoms with Gasteiger partial charge in [0.15, 0.2) is 0 Å². The number of rotatable bonds is 5. The molecule has 19 heavy (non-hydrogen) atoms. The van der Waals surface area contributed by atoms with Gasteiger partial charge in [-0.1, -0.05) is 12.1 Å². The van der Waals surface area contributed by atoms with Crippen LogP contribution in [0.2, 0.25) is 0 Å². The van der Waals surface area contributed by atoms with E-state index in [4.69, 9.17) is 5.14 Å². The summed E-state index contributed by atoms with van der Waals surface area (Å²) in [4.78, 5) is 1.36. The van der Waals surface area contributed by atoms with E-state index in [9.17, 15) is 8.42 Å². The van der Waals surface area contributed by atoms with Gasteiger partial charge in [0.2, 0.25) is 10.0 Å². The molecule has 0 bridgehead atoms. The van der Waals surface area contributed by atoms with E-state index >= 15 is 0 Å². The summed E-state index contributed by atoms with van der Waals surface area (Å²) >= 11 is 5.07. The number of thiophene rings is 1. The summed E-state index contributed by atoms with van der Waals surface area (Å²) in [5, 5.41) is 10.4. The topological polar surface area (TPSA) is 72.2 Å². The SMILES string of the molecule is NS(=O)(=O)c1cccc(CNCc2cc(Br)cs2)c1.